The zero-order chi connectivity index (χ0) is 11.8. The smallest absolute Gasteiger partial charge is 0.254 e. The molecule has 0 heterocycles. The van der Waals surface area contributed by atoms with Crippen molar-refractivity contribution in [3.05, 3.63) is 61.2 Å². The summed E-state index contributed by atoms with van der Waals surface area (Å²) >= 11 is 0. The summed E-state index contributed by atoms with van der Waals surface area (Å²) < 4.78 is 0. The van der Waals surface area contributed by atoms with Gasteiger partial charge in [0.05, 0.1) is 0 Å². The molecule has 0 radical (unpaired) electrons. The van der Waals surface area contributed by atoms with Crippen LogP contribution >= 0.6 is 0 Å². The lowest BCUT2D eigenvalue weighted by Gasteiger charge is -2.20. The van der Waals surface area contributed by atoms with Gasteiger partial charge < -0.3 is 4.90 Å². The Bertz CT molecular complexity index is 356. The molecular formula is C14H17NO. The van der Waals surface area contributed by atoms with Gasteiger partial charge in [-0.05, 0) is 18.6 Å². The summed E-state index contributed by atoms with van der Waals surface area (Å²) in [6, 6.07) is 9.29. The zero-order valence-corrected chi connectivity index (χ0v) is 9.43. The molecule has 0 N–H and O–H groups in total. The van der Waals surface area contributed by atoms with E-state index in [1.165, 1.54) is 0 Å². The van der Waals surface area contributed by atoms with Crippen LogP contribution in [0.2, 0.25) is 0 Å². The van der Waals surface area contributed by atoms with E-state index in [2.05, 4.69) is 13.2 Å². The first kappa shape index (κ1) is 12.2. The average Bonchev–Trinajstić information content (AvgIpc) is 2.35. The average molecular weight is 215 g/mol. The Morgan fingerprint density at radius 1 is 1.19 bits per heavy atom. The summed E-state index contributed by atoms with van der Waals surface area (Å²) in [6.45, 7) is 8.58. The van der Waals surface area contributed by atoms with Crippen molar-refractivity contribution < 1.29 is 4.79 Å². The molecule has 0 saturated carbocycles. The summed E-state index contributed by atoms with van der Waals surface area (Å²) in [4.78, 5) is 13.9. The Labute approximate surface area is 96.9 Å². The van der Waals surface area contributed by atoms with Crippen molar-refractivity contribution in [3.63, 3.8) is 0 Å². The van der Waals surface area contributed by atoms with E-state index in [1.807, 2.05) is 36.4 Å². The molecule has 1 aromatic carbocycles. The Morgan fingerprint density at radius 2 is 1.88 bits per heavy atom. The van der Waals surface area contributed by atoms with E-state index >= 15 is 0 Å². The normalized spacial score (nSPS) is 9.50. The largest absolute Gasteiger partial charge is 0.335 e. The highest BCUT2D eigenvalue weighted by Crippen LogP contribution is 2.05. The number of hydrogen-bond acceptors (Lipinski definition) is 1. The molecule has 84 valence electrons. The molecule has 0 fully saturated rings. The predicted octanol–water partition coefficient (Wildman–Crippen LogP) is 2.89. The minimum absolute atomic E-state index is 0.0438. The molecule has 0 aromatic heterocycles. The van der Waals surface area contributed by atoms with Crippen LogP contribution in [0.25, 0.3) is 0 Å². The number of amides is 1. The second-order valence-corrected chi connectivity index (χ2v) is 3.48. The molecule has 0 aliphatic carbocycles. The van der Waals surface area contributed by atoms with Crippen LogP contribution < -0.4 is 0 Å². The maximum atomic E-state index is 12.1. The molecule has 2 nitrogen and oxygen atoms in total. The molecule has 1 amide bonds. The van der Waals surface area contributed by atoms with Crippen LogP contribution in [0, 0.1) is 0 Å². The fourth-order valence-electron chi connectivity index (χ4n) is 1.44. The molecule has 2 heteroatoms. The Morgan fingerprint density at radius 3 is 2.44 bits per heavy atom. The highest BCUT2D eigenvalue weighted by Gasteiger charge is 2.12. The summed E-state index contributed by atoms with van der Waals surface area (Å²) in [5, 5.41) is 0. The molecule has 0 saturated heterocycles. The van der Waals surface area contributed by atoms with Gasteiger partial charge >= 0.3 is 0 Å². The van der Waals surface area contributed by atoms with E-state index in [1.54, 1.807) is 11.0 Å². The van der Waals surface area contributed by atoms with Crippen LogP contribution in [-0.4, -0.2) is 23.9 Å². The van der Waals surface area contributed by atoms with Gasteiger partial charge in [-0.15, -0.1) is 13.2 Å². The number of rotatable bonds is 6. The first-order valence-electron chi connectivity index (χ1n) is 5.35. The number of carbonyl (C=O) groups excluding carboxylic acids is 1. The summed E-state index contributed by atoms with van der Waals surface area (Å²) in [7, 11) is 0. The maximum absolute atomic E-state index is 12.1. The molecule has 0 bridgehead atoms. The van der Waals surface area contributed by atoms with Gasteiger partial charge in [-0.25, -0.2) is 0 Å². The van der Waals surface area contributed by atoms with Gasteiger partial charge in [0.2, 0.25) is 0 Å². The molecule has 0 aliphatic heterocycles. The predicted molar refractivity (Wildman–Crippen MR) is 67.4 cm³/mol. The van der Waals surface area contributed by atoms with Crippen molar-refractivity contribution in [1.29, 1.82) is 0 Å². The third-order valence-corrected chi connectivity index (χ3v) is 2.26. The van der Waals surface area contributed by atoms with Crippen LogP contribution in [0.3, 0.4) is 0 Å². The van der Waals surface area contributed by atoms with Crippen molar-refractivity contribution in [2.75, 3.05) is 13.1 Å². The Kier molecular flexibility index (Phi) is 5.06. The summed E-state index contributed by atoms with van der Waals surface area (Å²) in [6.07, 6.45) is 4.35. The molecule has 0 aliphatic rings. The minimum Gasteiger partial charge on any atom is -0.335 e. The van der Waals surface area contributed by atoms with Gasteiger partial charge in [0.25, 0.3) is 5.91 Å². The standard InChI is InChI=1S/C14H17NO/c1-3-5-12-15(11-4-2)14(16)13-9-7-6-8-10-13/h3-4,6-10H,1-2,5,11-12H2. The lowest BCUT2D eigenvalue weighted by atomic mass is 10.2. The Hall–Kier alpha value is -1.83. The third-order valence-electron chi connectivity index (χ3n) is 2.26. The highest BCUT2D eigenvalue weighted by molar-refractivity contribution is 5.94. The molecule has 16 heavy (non-hydrogen) atoms. The minimum atomic E-state index is 0.0438. The van der Waals surface area contributed by atoms with Crippen LogP contribution in [0.1, 0.15) is 16.8 Å². The third kappa shape index (κ3) is 3.39. The van der Waals surface area contributed by atoms with Gasteiger partial charge in [-0.2, -0.15) is 0 Å². The molecule has 1 aromatic rings. The van der Waals surface area contributed by atoms with Crippen LogP contribution in [0.5, 0.6) is 0 Å². The second kappa shape index (κ2) is 6.62. The van der Waals surface area contributed by atoms with E-state index in [9.17, 15) is 4.79 Å². The summed E-state index contributed by atoms with van der Waals surface area (Å²) in [5.74, 6) is 0.0438. The molecule has 0 unspecified atom stereocenters. The quantitative estimate of drug-likeness (QED) is 0.668. The SMILES string of the molecule is C=CCCN(CC=C)C(=O)c1ccccc1. The first-order chi connectivity index (χ1) is 7.79. The lowest BCUT2D eigenvalue weighted by molar-refractivity contribution is 0.0776. The maximum Gasteiger partial charge on any atom is 0.254 e. The summed E-state index contributed by atoms with van der Waals surface area (Å²) in [5.41, 5.74) is 0.716. The van der Waals surface area contributed by atoms with Gasteiger partial charge in [-0.3, -0.25) is 4.79 Å². The van der Waals surface area contributed by atoms with Crippen LogP contribution in [0.4, 0.5) is 0 Å². The van der Waals surface area contributed by atoms with E-state index in [0.717, 1.165) is 6.42 Å². The number of hydrogen-bond donors (Lipinski definition) is 0. The topological polar surface area (TPSA) is 20.3 Å². The van der Waals surface area contributed by atoms with Crippen molar-refractivity contribution in [3.8, 4) is 0 Å². The second-order valence-electron chi connectivity index (χ2n) is 3.48. The molecule has 0 spiro atoms. The first-order valence-corrected chi connectivity index (χ1v) is 5.35. The van der Waals surface area contributed by atoms with Gasteiger partial charge in [0, 0.05) is 18.7 Å². The van der Waals surface area contributed by atoms with Crippen LogP contribution in [-0.2, 0) is 0 Å². The van der Waals surface area contributed by atoms with E-state index in [-0.39, 0.29) is 5.91 Å². The molecule has 0 atom stereocenters. The van der Waals surface area contributed by atoms with E-state index in [0.29, 0.717) is 18.7 Å². The number of benzene rings is 1. The van der Waals surface area contributed by atoms with Crippen LogP contribution in [0.15, 0.2) is 55.6 Å². The van der Waals surface area contributed by atoms with E-state index < -0.39 is 0 Å². The Balaban J connectivity index is 2.74. The number of carbonyl (C=O) groups is 1. The fourth-order valence-corrected chi connectivity index (χ4v) is 1.44. The van der Waals surface area contributed by atoms with E-state index in [4.69, 9.17) is 0 Å². The zero-order valence-electron chi connectivity index (χ0n) is 9.43. The van der Waals surface area contributed by atoms with Crippen molar-refractivity contribution in [2.45, 2.75) is 6.42 Å². The fraction of sp³-hybridized carbons (Fsp3) is 0.214. The lowest BCUT2D eigenvalue weighted by Crippen LogP contribution is -2.31. The highest BCUT2D eigenvalue weighted by atomic mass is 16.2. The molecule has 1 rings (SSSR count). The van der Waals surface area contributed by atoms with Crippen molar-refractivity contribution in [2.24, 2.45) is 0 Å². The van der Waals surface area contributed by atoms with Gasteiger partial charge in [0.15, 0.2) is 0 Å². The van der Waals surface area contributed by atoms with Gasteiger partial charge in [0.1, 0.15) is 0 Å². The van der Waals surface area contributed by atoms with Crippen molar-refractivity contribution >= 4 is 5.91 Å². The monoisotopic (exact) mass is 215 g/mol. The molecular weight excluding hydrogens is 198 g/mol. The van der Waals surface area contributed by atoms with Crippen molar-refractivity contribution in [1.82, 2.24) is 4.90 Å². The van der Waals surface area contributed by atoms with Gasteiger partial charge in [-0.1, -0.05) is 30.4 Å². The number of nitrogens with zero attached hydrogens (tertiary/aromatic N) is 1.